The van der Waals surface area contributed by atoms with Gasteiger partial charge in [0, 0.05) is 41.2 Å². The van der Waals surface area contributed by atoms with Crippen molar-refractivity contribution in [2.75, 3.05) is 5.32 Å². The normalized spacial score (nSPS) is 12.0. The van der Waals surface area contributed by atoms with Crippen LogP contribution < -0.4 is 10.3 Å². The monoisotopic (exact) mass is 363 g/mol. The highest BCUT2D eigenvalue weighted by molar-refractivity contribution is 6.35. The van der Waals surface area contributed by atoms with Crippen molar-refractivity contribution in [1.82, 2.24) is 9.97 Å². The van der Waals surface area contributed by atoms with Gasteiger partial charge in [0.1, 0.15) is 17.3 Å². The van der Waals surface area contributed by atoms with Crippen molar-refractivity contribution in [2.24, 2.45) is 0 Å². The molecule has 0 aliphatic carbocycles. The van der Waals surface area contributed by atoms with Crippen LogP contribution in [0.1, 0.15) is 17.2 Å². The Morgan fingerprint density at radius 2 is 1.96 bits per heavy atom. The fourth-order valence-corrected chi connectivity index (χ4v) is 3.22. The summed E-state index contributed by atoms with van der Waals surface area (Å²) < 4.78 is 0. The van der Waals surface area contributed by atoms with Gasteiger partial charge in [0.2, 0.25) is 0 Å². The molecule has 1 aromatic carbocycles. The molecule has 4 rings (SSSR count). The van der Waals surface area contributed by atoms with Crippen LogP contribution in [0.3, 0.4) is 0 Å². The smallest absolute Gasteiger partial charge is 0.272 e. The second-order valence-electron chi connectivity index (χ2n) is 5.84. The van der Waals surface area contributed by atoms with Gasteiger partial charge in [-0.3, -0.25) is 15.3 Å². The Morgan fingerprint density at radius 1 is 1.08 bits per heavy atom. The lowest BCUT2D eigenvalue weighted by Crippen LogP contribution is -2.19. The fraction of sp³-hybridized carbons (Fsp3) is 0.0500. The van der Waals surface area contributed by atoms with Gasteiger partial charge in [-0.05, 0) is 30.3 Å². The Hall–Kier alpha value is -3.18. The average Bonchev–Trinajstić information content (AvgIpc) is 2.71. The van der Waals surface area contributed by atoms with Crippen LogP contribution in [0, 0.1) is 0 Å². The third kappa shape index (κ3) is 3.05. The van der Waals surface area contributed by atoms with E-state index in [1.165, 1.54) is 0 Å². The maximum Gasteiger partial charge on any atom is 0.272 e. The van der Waals surface area contributed by atoms with Gasteiger partial charge in [-0.15, -0.1) is 0 Å². The number of hydrogen-bond acceptors (Lipinski definition) is 4. The number of fused-ring (bicyclic) bond motifs is 1. The summed E-state index contributed by atoms with van der Waals surface area (Å²) in [7, 11) is 0. The van der Waals surface area contributed by atoms with Crippen molar-refractivity contribution >= 4 is 28.3 Å². The SMILES string of the molecule is Oc1c([C@H](Nc2cccc[nH+]2)c2cccnc2)cc(Cl)c2cccnc12. The van der Waals surface area contributed by atoms with Gasteiger partial charge >= 0.3 is 0 Å². The van der Waals surface area contributed by atoms with Crippen LogP contribution in [-0.4, -0.2) is 15.1 Å². The number of aromatic hydroxyl groups is 1. The number of H-pyrrole nitrogens is 1. The van der Waals surface area contributed by atoms with Crippen LogP contribution in [0.15, 0.2) is 73.3 Å². The molecule has 26 heavy (non-hydrogen) atoms. The fourth-order valence-electron chi connectivity index (χ4n) is 2.95. The minimum absolute atomic E-state index is 0.0993. The average molecular weight is 364 g/mol. The van der Waals surface area contributed by atoms with E-state index in [1.54, 1.807) is 30.7 Å². The molecule has 0 amide bonds. The number of anilines is 1. The van der Waals surface area contributed by atoms with Gasteiger partial charge < -0.3 is 5.11 Å². The van der Waals surface area contributed by atoms with Crippen molar-refractivity contribution in [3.63, 3.8) is 0 Å². The lowest BCUT2D eigenvalue weighted by molar-refractivity contribution is -0.361. The van der Waals surface area contributed by atoms with E-state index in [9.17, 15) is 5.11 Å². The van der Waals surface area contributed by atoms with Crippen molar-refractivity contribution in [3.05, 3.63) is 89.5 Å². The zero-order valence-electron chi connectivity index (χ0n) is 13.7. The molecule has 0 spiro atoms. The first-order chi connectivity index (χ1) is 12.7. The molecule has 3 N–H and O–H groups in total. The molecule has 0 unspecified atom stereocenters. The lowest BCUT2D eigenvalue weighted by atomic mass is 9.97. The van der Waals surface area contributed by atoms with Crippen LogP contribution in [0.4, 0.5) is 5.82 Å². The van der Waals surface area contributed by atoms with E-state index < -0.39 is 0 Å². The third-order valence-corrected chi connectivity index (χ3v) is 4.50. The van der Waals surface area contributed by atoms with Gasteiger partial charge in [0.05, 0.1) is 11.2 Å². The van der Waals surface area contributed by atoms with E-state index >= 15 is 0 Å². The molecule has 6 heteroatoms. The topological polar surface area (TPSA) is 72.2 Å². The molecule has 0 saturated carbocycles. The standard InChI is InChI=1S/C20H15ClN4O/c21-16-11-15(20(26)19-14(16)6-4-10-24-19)18(13-5-3-8-22-12-13)25-17-7-1-2-9-23-17/h1-12,18,26H,(H,23,25)/p+1/t18-/m1/s1. The first kappa shape index (κ1) is 16.3. The zero-order chi connectivity index (χ0) is 17.9. The Balaban J connectivity index is 1.89. The molecule has 0 fully saturated rings. The number of aromatic amines is 1. The number of benzene rings is 1. The lowest BCUT2D eigenvalue weighted by Gasteiger charge is -2.18. The second-order valence-corrected chi connectivity index (χ2v) is 6.24. The third-order valence-electron chi connectivity index (χ3n) is 4.18. The summed E-state index contributed by atoms with van der Waals surface area (Å²) >= 11 is 6.47. The van der Waals surface area contributed by atoms with E-state index in [0.29, 0.717) is 21.5 Å². The summed E-state index contributed by atoms with van der Waals surface area (Å²) in [6.45, 7) is 0. The van der Waals surface area contributed by atoms with E-state index in [2.05, 4.69) is 20.3 Å². The Morgan fingerprint density at radius 3 is 2.73 bits per heavy atom. The first-order valence-corrected chi connectivity index (χ1v) is 8.51. The van der Waals surface area contributed by atoms with E-state index in [0.717, 1.165) is 11.4 Å². The molecule has 0 radical (unpaired) electrons. The van der Waals surface area contributed by atoms with Gasteiger partial charge in [0.25, 0.3) is 5.82 Å². The molecule has 3 heterocycles. The van der Waals surface area contributed by atoms with Crippen LogP contribution in [-0.2, 0) is 0 Å². The van der Waals surface area contributed by atoms with Crippen LogP contribution in [0.2, 0.25) is 5.02 Å². The van der Waals surface area contributed by atoms with E-state index in [-0.39, 0.29) is 11.8 Å². The number of nitrogens with zero attached hydrogens (tertiary/aromatic N) is 2. The highest BCUT2D eigenvalue weighted by Crippen LogP contribution is 2.39. The number of phenolic OH excluding ortho intramolecular Hbond substituents is 1. The molecular formula is C20H16ClN4O+. The van der Waals surface area contributed by atoms with Crippen LogP contribution in [0.5, 0.6) is 5.75 Å². The molecule has 0 bridgehead atoms. The highest BCUT2D eigenvalue weighted by Gasteiger charge is 2.25. The van der Waals surface area contributed by atoms with Crippen LogP contribution in [0.25, 0.3) is 10.9 Å². The summed E-state index contributed by atoms with van der Waals surface area (Å²) in [4.78, 5) is 11.7. The quantitative estimate of drug-likeness (QED) is 0.574. The molecular weight excluding hydrogens is 348 g/mol. The van der Waals surface area contributed by atoms with E-state index in [1.807, 2.05) is 42.6 Å². The zero-order valence-corrected chi connectivity index (χ0v) is 14.5. The Kier molecular flexibility index (Phi) is 4.37. The summed E-state index contributed by atoms with van der Waals surface area (Å²) in [5, 5.41) is 15.5. The number of hydrogen-bond donors (Lipinski definition) is 2. The van der Waals surface area contributed by atoms with Gasteiger partial charge in [-0.25, -0.2) is 4.98 Å². The highest BCUT2D eigenvalue weighted by atomic mass is 35.5. The van der Waals surface area contributed by atoms with Gasteiger partial charge in [-0.2, -0.15) is 0 Å². The number of nitrogens with one attached hydrogen (secondary N) is 2. The molecule has 0 aliphatic heterocycles. The Labute approximate surface area is 155 Å². The molecule has 0 saturated heterocycles. The van der Waals surface area contributed by atoms with Crippen molar-refractivity contribution < 1.29 is 10.1 Å². The van der Waals surface area contributed by atoms with Crippen molar-refractivity contribution in [3.8, 4) is 5.75 Å². The summed E-state index contributed by atoms with van der Waals surface area (Å²) in [6, 6.07) is 14.6. The maximum atomic E-state index is 10.9. The predicted molar refractivity (Wildman–Crippen MR) is 101 cm³/mol. The Bertz CT molecular complexity index is 1040. The van der Waals surface area contributed by atoms with Crippen molar-refractivity contribution in [2.45, 2.75) is 6.04 Å². The summed E-state index contributed by atoms with van der Waals surface area (Å²) in [5.74, 6) is 0.903. The molecule has 0 aliphatic rings. The molecule has 5 nitrogen and oxygen atoms in total. The molecule has 1 atom stereocenters. The van der Waals surface area contributed by atoms with Crippen molar-refractivity contribution in [1.29, 1.82) is 0 Å². The predicted octanol–water partition coefficient (Wildman–Crippen LogP) is 4.00. The largest absolute Gasteiger partial charge is 0.505 e. The molecule has 128 valence electrons. The second kappa shape index (κ2) is 6.98. The summed E-state index contributed by atoms with van der Waals surface area (Å²) in [6.07, 6.45) is 6.94. The molecule has 4 aromatic rings. The van der Waals surface area contributed by atoms with Gasteiger partial charge in [0.15, 0.2) is 0 Å². The molecule has 3 aromatic heterocycles. The maximum absolute atomic E-state index is 10.9. The van der Waals surface area contributed by atoms with Gasteiger partial charge in [-0.1, -0.05) is 23.7 Å². The number of rotatable bonds is 4. The van der Waals surface area contributed by atoms with Crippen LogP contribution >= 0.6 is 11.6 Å². The minimum atomic E-state index is -0.355. The van der Waals surface area contributed by atoms with E-state index in [4.69, 9.17) is 11.6 Å². The minimum Gasteiger partial charge on any atom is -0.505 e. The summed E-state index contributed by atoms with van der Waals surface area (Å²) in [5.41, 5.74) is 2.00. The number of aromatic nitrogens is 3. The first-order valence-electron chi connectivity index (χ1n) is 8.13. The number of phenols is 1. The number of halogens is 1. The number of pyridine rings is 3.